The lowest BCUT2D eigenvalue weighted by Gasteiger charge is -2.50. The van der Waals surface area contributed by atoms with Crippen LogP contribution in [0.2, 0.25) is 5.02 Å². The Kier molecular flexibility index (Phi) is 4.63. The van der Waals surface area contributed by atoms with Gasteiger partial charge in [-0.1, -0.05) is 29.8 Å². The average molecular weight is 460 g/mol. The van der Waals surface area contributed by atoms with Crippen molar-refractivity contribution in [1.82, 2.24) is 9.78 Å². The minimum Gasteiger partial charge on any atom is -0.352 e. The van der Waals surface area contributed by atoms with Gasteiger partial charge in [0, 0.05) is 17.1 Å². The summed E-state index contributed by atoms with van der Waals surface area (Å²) in [5.74, 6) is 1.19. The Labute approximate surface area is 198 Å². The Balaban J connectivity index is 1.49. The maximum atomic E-state index is 14.2. The van der Waals surface area contributed by atoms with Gasteiger partial charge in [0.2, 0.25) is 0 Å². The first-order valence-corrected chi connectivity index (χ1v) is 11.9. The highest BCUT2D eigenvalue weighted by molar-refractivity contribution is 6.30. The SMILES string of the molecule is CC1=NN(c2ccc(Cl)cc2)C(=O)[C@@]12Cc1c(C)nn(-c3ccccc3)c1N1CCCC[C@H]12. The molecule has 1 aromatic heterocycles. The molecule has 1 saturated heterocycles. The highest BCUT2D eigenvalue weighted by Crippen LogP contribution is 2.51. The summed E-state index contributed by atoms with van der Waals surface area (Å²) in [6.07, 6.45) is 3.81. The van der Waals surface area contributed by atoms with Gasteiger partial charge in [-0.05, 0) is 75.9 Å². The number of amides is 1. The fourth-order valence-electron chi connectivity index (χ4n) is 5.87. The van der Waals surface area contributed by atoms with Crippen molar-refractivity contribution in [3.63, 3.8) is 0 Å². The molecule has 6 rings (SSSR count). The molecular weight excluding hydrogens is 434 g/mol. The normalized spacial score (nSPS) is 24.2. The largest absolute Gasteiger partial charge is 0.352 e. The summed E-state index contributed by atoms with van der Waals surface area (Å²) in [7, 11) is 0. The highest BCUT2D eigenvalue weighted by atomic mass is 35.5. The number of hydrazone groups is 1. The lowest BCUT2D eigenvalue weighted by molar-refractivity contribution is -0.125. The van der Waals surface area contributed by atoms with Crippen molar-refractivity contribution in [3.8, 4) is 5.69 Å². The van der Waals surface area contributed by atoms with Gasteiger partial charge in [-0.3, -0.25) is 4.79 Å². The molecule has 2 atom stereocenters. The van der Waals surface area contributed by atoms with Gasteiger partial charge in [-0.25, -0.2) is 4.68 Å². The lowest BCUT2D eigenvalue weighted by Crippen LogP contribution is -2.61. The van der Waals surface area contributed by atoms with E-state index >= 15 is 0 Å². The van der Waals surface area contributed by atoms with Gasteiger partial charge < -0.3 is 4.90 Å². The number of aryl methyl sites for hydroxylation is 1. The summed E-state index contributed by atoms with van der Waals surface area (Å²) in [5.41, 5.74) is 4.14. The lowest BCUT2D eigenvalue weighted by atomic mass is 9.66. The molecular formula is C26H26ClN5O. The van der Waals surface area contributed by atoms with Crippen molar-refractivity contribution in [2.24, 2.45) is 10.5 Å². The molecule has 0 unspecified atom stereocenters. The molecule has 33 heavy (non-hydrogen) atoms. The van der Waals surface area contributed by atoms with Gasteiger partial charge in [0.05, 0.1) is 28.8 Å². The van der Waals surface area contributed by atoms with E-state index in [0.29, 0.717) is 11.4 Å². The Morgan fingerprint density at radius 1 is 1.00 bits per heavy atom. The number of rotatable bonds is 2. The van der Waals surface area contributed by atoms with Crippen molar-refractivity contribution in [1.29, 1.82) is 0 Å². The summed E-state index contributed by atoms with van der Waals surface area (Å²) >= 11 is 6.09. The van der Waals surface area contributed by atoms with Crippen LogP contribution < -0.4 is 9.91 Å². The van der Waals surface area contributed by atoms with Crippen molar-refractivity contribution in [2.45, 2.75) is 45.6 Å². The smallest absolute Gasteiger partial charge is 0.261 e. The van der Waals surface area contributed by atoms with Gasteiger partial charge in [0.15, 0.2) is 0 Å². The first kappa shape index (κ1) is 20.5. The first-order chi connectivity index (χ1) is 16.0. The Morgan fingerprint density at radius 2 is 1.76 bits per heavy atom. The third-order valence-electron chi connectivity index (χ3n) is 7.50. The second-order valence-corrected chi connectivity index (χ2v) is 9.70. The maximum absolute atomic E-state index is 14.2. The molecule has 7 heteroatoms. The van der Waals surface area contributed by atoms with Crippen LogP contribution in [0.15, 0.2) is 59.7 Å². The fraction of sp³-hybridized carbons (Fsp3) is 0.346. The number of aromatic nitrogens is 2. The van der Waals surface area contributed by atoms with E-state index in [4.69, 9.17) is 21.8 Å². The average Bonchev–Trinajstić information content (AvgIpc) is 3.30. The molecule has 1 amide bonds. The Hall–Kier alpha value is -3.12. The Morgan fingerprint density at radius 3 is 2.52 bits per heavy atom. The number of anilines is 2. The van der Waals surface area contributed by atoms with Crippen LogP contribution >= 0.6 is 11.6 Å². The van der Waals surface area contributed by atoms with Gasteiger partial charge >= 0.3 is 0 Å². The molecule has 3 aromatic rings. The number of carbonyl (C=O) groups excluding carboxylic acids is 1. The van der Waals surface area contributed by atoms with Crippen LogP contribution in [0.4, 0.5) is 11.5 Å². The topological polar surface area (TPSA) is 53.7 Å². The minimum absolute atomic E-state index is 0.0525. The van der Waals surface area contributed by atoms with Gasteiger partial charge in [0.1, 0.15) is 11.2 Å². The third-order valence-corrected chi connectivity index (χ3v) is 7.75. The van der Waals surface area contributed by atoms with Crippen LogP contribution in [-0.2, 0) is 11.2 Å². The molecule has 3 aliphatic rings. The van der Waals surface area contributed by atoms with Crippen LogP contribution in [0.5, 0.6) is 0 Å². The second-order valence-electron chi connectivity index (χ2n) is 9.27. The van der Waals surface area contributed by atoms with E-state index in [0.717, 1.165) is 60.0 Å². The fourth-order valence-corrected chi connectivity index (χ4v) is 5.99. The zero-order chi connectivity index (χ0) is 22.7. The number of piperidine rings is 1. The highest BCUT2D eigenvalue weighted by Gasteiger charge is 2.60. The van der Waals surface area contributed by atoms with Crippen molar-refractivity contribution < 1.29 is 4.79 Å². The van der Waals surface area contributed by atoms with Crippen molar-refractivity contribution >= 4 is 34.7 Å². The monoisotopic (exact) mass is 459 g/mol. The van der Waals surface area contributed by atoms with Gasteiger partial charge in [-0.2, -0.15) is 15.2 Å². The zero-order valence-electron chi connectivity index (χ0n) is 18.8. The summed E-state index contributed by atoms with van der Waals surface area (Å²) in [6, 6.07) is 17.7. The Bertz CT molecular complexity index is 1270. The summed E-state index contributed by atoms with van der Waals surface area (Å²) in [4.78, 5) is 16.6. The van der Waals surface area contributed by atoms with E-state index in [9.17, 15) is 4.79 Å². The van der Waals surface area contributed by atoms with Crippen molar-refractivity contribution in [3.05, 3.63) is 70.9 Å². The molecule has 2 aromatic carbocycles. The quantitative estimate of drug-likeness (QED) is 0.532. The predicted molar refractivity (Wildman–Crippen MR) is 131 cm³/mol. The number of nitrogens with zero attached hydrogens (tertiary/aromatic N) is 5. The van der Waals surface area contributed by atoms with E-state index in [1.54, 1.807) is 17.1 Å². The molecule has 0 N–H and O–H groups in total. The molecule has 0 saturated carbocycles. The van der Waals surface area contributed by atoms with Crippen molar-refractivity contribution in [2.75, 3.05) is 16.5 Å². The van der Waals surface area contributed by atoms with Gasteiger partial charge in [-0.15, -0.1) is 0 Å². The second kappa shape index (κ2) is 7.45. The number of carbonyl (C=O) groups is 1. The molecule has 6 nitrogen and oxygen atoms in total. The van der Waals surface area contributed by atoms with E-state index in [-0.39, 0.29) is 11.9 Å². The van der Waals surface area contributed by atoms with Crippen LogP contribution in [0.3, 0.4) is 0 Å². The standard InChI is InChI=1S/C26H26ClN5O/c1-17-22-16-26(18(2)29-32(25(26)33)21-13-11-19(27)12-14-21)23-10-6-7-15-30(23)24(22)31(28-17)20-8-4-3-5-9-20/h3-5,8-9,11-14,23H,6-7,10,15-16H2,1-2H3/t23-,26-/m0/s1. The molecule has 0 radical (unpaired) electrons. The molecule has 3 aliphatic heterocycles. The minimum atomic E-state index is -0.678. The van der Waals surface area contributed by atoms with Crippen LogP contribution in [0, 0.1) is 12.3 Å². The van der Waals surface area contributed by atoms with Crippen LogP contribution in [-0.4, -0.2) is 34.0 Å². The molecule has 0 bridgehead atoms. The third kappa shape index (κ3) is 2.90. The van der Waals surface area contributed by atoms with E-state index < -0.39 is 5.41 Å². The number of hydrogen-bond donors (Lipinski definition) is 0. The number of halogens is 1. The summed E-state index contributed by atoms with van der Waals surface area (Å²) in [5, 5.41) is 12.0. The maximum Gasteiger partial charge on any atom is 0.261 e. The number of benzene rings is 2. The first-order valence-electron chi connectivity index (χ1n) is 11.6. The molecule has 0 aliphatic carbocycles. The van der Waals surface area contributed by atoms with Gasteiger partial charge in [0.25, 0.3) is 5.91 Å². The molecule has 168 valence electrons. The van der Waals surface area contributed by atoms with Crippen LogP contribution in [0.25, 0.3) is 5.69 Å². The van der Waals surface area contributed by atoms with E-state index in [1.165, 1.54) is 0 Å². The molecule has 1 spiro atoms. The van der Waals surface area contributed by atoms with E-state index in [1.807, 2.05) is 37.3 Å². The summed E-state index contributed by atoms with van der Waals surface area (Å²) in [6.45, 7) is 4.99. The number of hydrogen-bond acceptors (Lipinski definition) is 4. The zero-order valence-corrected chi connectivity index (χ0v) is 19.6. The summed E-state index contributed by atoms with van der Waals surface area (Å²) < 4.78 is 2.07. The predicted octanol–water partition coefficient (Wildman–Crippen LogP) is 5.16. The number of fused-ring (bicyclic) bond motifs is 4. The van der Waals surface area contributed by atoms with E-state index in [2.05, 4.69) is 28.6 Å². The molecule has 4 heterocycles. The van der Waals surface area contributed by atoms with Crippen LogP contribution in [0.1, 0.15) is 37.4 Å². The molecule has 1 fully saturated rings. The number of para-hydroxylation sites is 1.